The molecular formula is C20H14O. The zero-order chi connectivity index (χ0) is 14.2. The number of phenolic OH excluding ortho intramolecular Hbond substituents is 1. The van der Waals surface area contributed by atoms with E-state index in [4.69, 9.17) is 0 Å². The molecule has 4 rings (SSSR count). The van der Waals surface area contributed by atoms with Crippen LogP contribution in [0.2, 0.25) is 0 Å². The summed E-state index contributed by atoms with van der Waals surface area (Å²) >= 11 is 0. The van der Waals surface area contributed by atoms with Gasteiger partial charge < -0.3 is 5.11 Å². The lowest BCUT2D eigenvalue weighted by atomic mass is 9.94. The van der Waals surface area contributed by atoms with Crippen LogP contribution in [0.25, 0.3) is 32.7 Å². The monoisotopic (exact) mass is 270 g/mol. The molecule has 0 aliphatic carbocycles. The molecule has 0 saturated carbocycles. The maximum absolute atomic E-state index is 9.81. The third-order valence-corrected chi connectivity index (χ3v) is 3.95. The number of fused-ring (bicyclic) bond motifs is 2. The van der Waals surface area contributed by atoms with E-state index in [2.05, 4.69) is 60.7 Å². The Labute approximate surface area is 123 Å². The van der Waals surface area contributed by atoms with Gasteiger partial charge in [0.1, 0.15) is 5.75 Å². The molecule has 0 radical (unpaired) electrons. The summed E-state index contributed by atoms with van der Waals surface area (Å²) in [7, 11) is 0. The van der Waals surface area contributed by atoms with Crippen molar-refractivity contribution < 1.29 is 5.11 Å². The van der Waals surface area contributed by atoms with Crippen LogP contribution in [0, 0.1) is 0 Å². The van der Waals surface area contributed by atoms with Crippen molar-refractivity contribution >= 4 is 21.5 Å². The standard InChI is InChI=1S/C20H14O/c21-16-12-11-15-7-4-10-19(20(15)13-16)18-9-3-6-14-5-1-2-8-17(14)18/h1-13,21H. The molecule has 0 aliphatic rings. The third-order valence-electron chi connectivity index (χ3n) is 3.95. The highest BCUT2D eigenvalue weighted by Gasteiger charge is 2.07. The SMILES string of the molecule is Oc1ccc2cccc(-c3cccc4ccccc34)c2c1. The Kier molecular flexibility index (Phi) is 2.65. The van der Waals surface area contributed by atoms with Crippen molar-refractivity contribution in [1.82, 2.24) is 0 Å². The lowest BCUT2D eigenvalue weighted by molar-refractivity contribution is 0.476. The number of hydrogen-bond donors (Lipinski definition) is 1. The molecule has 1 nitrogen and oxygen atoms in total. The van der Waals surface area contributed by atoms with Crippen molar-refractivity contribution in [3.63, 3.8) is 0 Å². The van der Waals surface area contributed by atoms with Gasteiger partial charge in [0.25, 0.3) is 0 Å². The molecule has 0 bridgehead atoms. The van der Waals surface area contributed by atoms with E-state index in [0.29, 0.717) is 5.75 Å². The molecule has 0 aliphatic heterocycles. The van der Waals surface area contributed by atoms with E-state index < -0.39 is 0 Å². The quantitative estimate of drug-likeness (QED) is 0.493. The highest BCUT2D eigenvalue weighted by Crippen LogP contribution is 2.34. The summed E-state index contributed by atoms with van der Waals surface area (Å²) in [5.74, 6) is 0.301. The number of benzene rings is 4. The molecule has 0 aromatic heterocycles. The minimum atomic E-state index is 0.301. The van der Waals surface area contributed by atoms with Gasteiger partial charge in [-0.25, -0.2) is 0 Å². The summed E-state index contributed by atoms with van der Waals surface area (Å²) in [5, 5.41) is 14.5. The number of phenols is 1. The molecule has 4 aromatic carbocycles. The molecule has 0 unspecified atom stereocenters. The van der Waals surface area contributed by atoms with Gasteiger partial charge in [-0.15, -0.1) is 0 Å². The summed E-state index contributed by atoms with van der Waals surface area (Å²) in [5.41, 5.74) is 2.35. The molecule has 4 aromatic rings. The Morgan fingerprint density at radius 1 is 0.524 bits per heavy atom. The summed E-state index contributed by atoms with van der Waals surface area (Å²) < 4.78 is 0. The van der Waals surface area contributed by atoms with Crippen LogP contribution in [0.4, 0.5) is 0 Å². The van der Waals surface area contributed by atoms with Crippen LogP contribution >= 0.6 is 0 Å². The second-order valence-corrected chi connectivity index (χ2v) is 5.24. The van der Waals surface area contributed by atoms with Crippen LogP contribution in [0.1, 0.15) is 0 Å². The molecule has 0 heterocycles. The van der Waals surface area contributed by atoms with Gasteiger partial charge in [-0.3, -0.25) is 0 Å². The van der Waals surface area contributed by atoms with Gasteiger partial charge in [-0.05, 0) is 44.8 Å². The minimum absolute atomic E-state index is 0.301. The number of rotatable bonds is 1. The van der Waals surface area contributed by atoms with Crippen LogP contribution in [0.15, 0.2) is 78.9 Å². The van der Waals surface area contributed by atoms with E-state index in [0.717, 1.165) is 16.3 Å². The fourth-order valence-corrected chi connectivity index (χ4v) is 2.96. The van der Waals surface area contributed by atoms with Gasteiger partial charge in [0.15, 0.2) is 0 Å². The average molecular weight is 270 g/mol. The van der Waals surface area contributed by atoms with Crippen LogP contribution in [-0.2, 0) is 0 Å². The van der Waals surface area contributed by atoms with Crippen molar-refractivity contribution in [3.05, 3.63) is 78.9 Å². The van der Waals surface area contributed by atoms with E-state index in [1.807, 2.05) is 12.1 Å². The maximum Gasteiger partial charge on any atom is 0.116 e. The van der Waals surface area contributed by atoms with E-state index in [1.54, 1.807) is 6.07 Å². The number of aromatic hydroxyl groups is 1. The molecule has 0 spiro atoms. The zero-order valence-corrected chi connectivity index (χ0v) is 11.5. The Hall–Kier alpha value is -2.80. The second kappa shape index (κ2) is 4.64. The first-order chi connectivity index (χ1) is 10.3. The second-order valence-electron chi connectivity index (χ2n) is 5.24. The minimum Gasteiger partial charge on any atom is -0.508 e. The Morgan fingerprint density at radius 3 is 1.95 bits per heavy atom. The Morgan fingerprint density at radius 2 is 1.14 bits per heavy atom. The zero-order valence-electron chi connectivity index (χ0n) is 11.5. The number of hydrogen-bond acceptors (Lipinski definition) is 1. The first-order valence-corrected chi connectivity index (χ1v) is 7.03. The maximum atomic E-state index is 9.81. The Bertz CT molecular complexity index is 949. The predicted molar refractivity (Wildman–Crippen MR) is 88.6 cm³/mol. The fourth-order valence-electron chi connectivity index (χ4n) is 2.96. The summed E-state index contributed by atoms with van der Waals surface area (Å²) in [6, 6.07) is 26.5. The van der Waals surface area contributed by atoms with E-state index >= 15 is 0 Å². The van der Waals surface area contributed by atoms with E-state index in [1.165, 1.54) is 16.3 Å². The summed E-state index contributed by atoms with van der Waals surface area (Å²) in [4.78, 5) is 0. The van der Waals surface area contributed by atoms with E-state index in [-0.39, 0.29) is 0 Å². The lowest BCUT2D eigenvalue weighted by Crippen LogP contribution is -1.84. The first-order valence-electron chi connectivity index (χ1n) is 7.03. The van der Waals surface area contributed by atoms with Crippen molar-refractivity contribution in [2.24, 2.45) is 0 Å². The largest absolute Gasteiger partial charge is 0.508 e. The third kappa shape index (κ3) is 1.95. The fraction of sp³-hybridized carbons (Fsp3) is 0. The average Bonchev–Trinajstić information content (AvgIpc) is 2.54. The van der Waals surface area contributed by atoms with Crippen molar-refractivity contribution in [2.45, 2.75) is 0 Å². The Balaban J connectivity index is 2.12. The molecule has 0 amide bonds. The van der Waals surface area contributed by atoms with Gasteiger partial charge in [-0.1, -0.05) is 66.7 Å². The molecule has 1 heteroatoms. The van der Waals surface area contributed by atoms with Crippen LogP contribution in [-0.4, -0.2) is 5.11 Å². The highest BCUT2D eigenvalue weighted by molar-refractivity contribution is 6.05. The van der Waals surface area contributed by atoms with Crippen molar-refractivity contribution in [1.29, 1.82) is 0 Å². The highest BCUT2D eigenvalue weighted by atomic mass is 16.3. The summed E-state index contributed by atoms with van der Waals surface area (Å²) in [6.45, 7) is 0. The first kappa shape index (κ1) is 12.0. The van der Waals surface area contributed by atoms with Gasteiger partial charge in [0.05, 0.1) is 0 Å². The molecule has 1 N–H and O–H groups in total. The molecule has 21 heavy (non-hydrogen) atoms. The molecule has 0 saturated heterocycles. The molecule has 0 fully saturated rings. The lowest BCUT2D eigenvalue weighted by Gasteiger charge is -2.10. The summed E-state index contributed by atoms with van der Waals surface area (Å²) in [6.07, 6.45) is 0. The van der Waals surface area contributed by atoms with Crippen molar-refractivity contribution in [3.8, 4) is 16.9 Å². The molecular weight excluding hydrogens is 256 g/mol. The molecule has 100 valence electrons. The van der Waals surface area contributed by atoms with Gasteiger partial charge in [0, 0.05) is 0 Å². The smallest absolute Gasteiger partial charge is 0.116 e. The van der Waals surface area contributed by atoms with Gasteiger partial charge in [0.2, 0.25) is 0 Å². The van der Waals surface area contributed by atoms with Crippen LogP contribution in [0.3, 0.4) is 0 Å². The topological polar surface area (TPSA) is 20.2 Å². The van der Waals surface area contributed by atoms with Gasteiger partial charge in [-0.2, -0.15) is 0 Å². The van der Waals surface area contributed by atoms with Gasteiger partial charge >= 0.3 is 0 Å². The normalized spacial score (nSPS) is 11.0. The van der Waals surface area contributed by atoms with Crippen LogP contribution in [0.5, 0.6) is 5.75 Å². The van der Waals surface area contributed by atoms with Crippen LogP contribution < -0.4 is 0 Å². The van der Waals surface area contributed by atoms with Crippen molar-refractivity contribution in [2.75, 3.05) is 0 Å². The van der Waals surface area contributed by atoms with E-state index in [9.17, 15) is 5.11 Å². The predicted octanol–water partition coefficient (Wildman–Crippen LogP) is 5.37. The molecule has 0 atom stereocenters.